The van der Waals surface area contributed by atoms with Crippen LogP contribution in [0.1, 0.15) is 84.0 Å². The third-order valence-corrected chi connectivity index (χ3v) is 5.11. The summed E-state index contributed by atoms with van der Waals surface area (Å²) in [6.45, 7) is 9.27. The average Bonchev–Trinajstić information content (AvgIpc) is 2.37. The fourth-order valence-electron chi connectivity index (χ4n) is 3.14. The van der Waals surface area contributed by atoms with Crippen LogP contribution in [0.4, 0.5) is 0 Å². The molecule has 1 aliphatic carbocycles. The van der Waals surface area contributed by atoms with Gasteiger partial charge in [0.25, 0.3) is 0 Å². The SMILES string of the molecule is CC1C=C(O[Si](C)(C)C)CCCCCCCCCCCC1. The molecule has 0 N–H and O–H groups in total. The van der Waals surface area contributed by atoms with Crippen molar-refractivity contribution in [1.82, 2.24) is 0 Å². The van der Waals surface area contributed by atoms with E-state index in [2.05, 4.69) is 32.6 Å². The Kier molecular flexibility index (Phi) is 9.38. The molecule has 124 valence electrons. The zero-order chi connectivity index (χ0) is 15.6. The first-order valence-corrected chi connectivity index (χ1v) is 12.8. The maximum atomic E-state index is 6.33. The van der Waals surface area contributed by atoms with Crippen molar-refractivity contribution in [2.45, 2.75) is 104 Å². The van der Waals surface area contributed by atoms with Crippen molar-refractivity contribution in [2.24, 2.45) is 5.92 Å². The molecule has 0 amide bonds. The minimum Gasteiger partial charge on any atom is -0.548 e. The molecule has 0 saturated carbocycles. The van der Waals surface area contributed by atoms with E-state index in [4.69, 9.17) is 4.43 Å². The standard InChI is InChI=1S/C19H38OSi/c1-18-15-13-11-9-7-5-6-8-10-12-14-16-19(17-18)20-21(2,3)4/h17-18H,5-16H2,1-4H3. The molecule has 0 radical (unpaired) electrons. The Morgan fingerprint density at radius 3 is 1.81 bits per heavy atom. The molecule has 0 bridgehead atoms. The quantitative estimate of drug-likeness (QED) is 0.496. The molecule has 0 saturated heterocycles. The highest BCUT2D eigenvalue weighted by Gasteiger charge is 2.18. The van der Waals surface area contributed by atoms with Crippen LogP contribution in [-0.2, 0) is 4.43 Å². The van der Waals surface area contributed by atoms with Crippen molar-refractivity contribution in [3.05, 3.63) is 11.8 Å². The number of hydrogen-bond acceptors (Lipinski definition) is 1. The van der Waals surface area contributed by atoms with Crippen molar-refractivity contribution >= 4 is 8.32 Å². The van der Waals surface area contributed by atoms with Gasteiger partial charge in [-0.05, 0) is 44.5 Å². The first kappa shape index (κ1) is 18.8. The highest BCUT2D eigenvalue weighted by molar-refractivity contribution is 6.70. The molecular weight excluding hydrogens is 272 g/mol. The van der Waals surface area contributed by atoms with Crippen LogP contribution >= 0.6 is 0 Å². The van der Waals surface area contributed by atoms with E-state index in [1.165, 1.54) is 76.4 Å². The van der Waals surface area contributed by atoms with Gasteiger partial charge in [-0.1, -0.05) is 64.7 Å². The second-order valence-electron chi connectivity index (χ2n) is 7.90. The van der Waals surface area contributed by atoms with Gasteiger partial charge in [0.15, 0.2) is 0 Å². The highest BCUT2D eigenvalue weighted by atomic mass is 28.4. The van der Waals surface area contributed by atoms with Crippen molar-refractivity contribution in [2.75, 3.05) is 0 Å². The van der Waals surface area contributed by atoms with Gasteiger partial charge in [0.05, 0.1) is 5.76 Å². The molecule has 2 heteroatoms. The van der Waals surface area contributed by atoms with Crippen molar-refractivity contribution in [3.63, 3.8) is 0 Å². The van der Waals surface area contributed by atoms with Gasteiger partial charge in [0.2, 0.25) is 8.32 Å². The van der Waals surface area contributed by atoms with Gasteiger partial charge >= 0.3 is 0 Å². The first-order valence-electron chi connectivity index (χ1n) is 9.37. The first-order chi connectivity index (χ1) is 9.97. The van der Waals surface area contributed by atoms with Crippen molar-refractivity contribution in [1.29, 1.82) is 0 Å². The van der Waals surface area contributed by atoms with Crippen LogP contribution in [0.3, 0.4) is 0 Å². The predicted molar refractivity (Wildman–Crippen MR) is 97.1 cm³/mol. The Morgan fingerprint density at radius 1 is 0.810 bits per heavy atom. The van der Waals surface area contributed by atoms with Crippen LogP contribution in [0, 0.1) is 5.92 Å². The van der Waals surface area contributed by atoms with Crippen LogP contribution in [0.2, 0.25) is 19.6 Å². The lowest BCUT2D eigenvalue weighted by molar-refractivity contribution is 0.382. The number of hydrogen-bond donors (Lipinski definition) is 0. The second kappa shape index (κ2) is 10.5. The third-order valence-electron chi connectivity index (χ3n) is 4.24. The number of allylic oxidation sites excluding steroid dienone is 2. The Bertz CT molecular complexity index is 290. The van der Waals surface area contributed by atoms with Gasteiger partial charge in [-0.3, -0.25) is 0 Å². The molecule has 1 aliphatic rings. The average molecular weight is 311 g/mol. The maximum absolute atomic E-state index is 6.33. The lowest BCUT2D eigenvalue weighted by Crippen LogP contribution is -2.25. The van der Waals surface area contributed by atoms with Crippen LogP contribution in [0.25, 0.3) is 0 Å². The summed E-state index contributed by atoms with van der Waals surface area (Å²) in [4.78, 5) is 0. The Labute approximate surface area is 134 Å². The molecule has 1 atom stereocenters. The van der Waals surface area contributed by atoms with Crippen LogP contribution in [-0.4, -0.2) is 8.32 Å². The van der Waals surface area contributed by atoms with E-state index >= 15 is 0 Å². The molecule has 0 aromatic rings. The van der Waals surface area contributed by atoms with Gasteiger partial charge in [-0.15, -0.1) is 0 Å². The molecule has 1 unspecified atom stereocenters. The summed E-state index contributed by atoms with van der Waals surface area (Å²) in [7, 11) is -1.46. The zero-order valence-electron chi connectivity index (χ0n) is 15.0. The van der Waals surface area contributed by atoms with E-state index in [9.17, 15) is 0 Å². The van der Waals surface area contributed by atoms with Crippen LogP contribution in [0.15, 0.2) is 11.8 Å². The van der Waals surface area contributed by atoms with E-state index < -0.39 is 8.32 Å². The summed E-state index contributed by atoms with van der Waals surface area (Å²) in [6.07, 6.45) is 19.1. The molecule has 0 aromatic heterocycles. The van der Waals surface area contributed by atoms with Gasteiger partial charge < -0.3 is 4.43 Å². The normalized spacial score (nSPS) is 24.6. The summed E-state index contributed by atoms with van der Waals surface area (Å²) < 4.78 is 6.33. The third kappa shape index (κ3) is 11.0. The minimum absolute atomic E-state index is 0.682. The van der Waals surface area contributed by atoms with E-state index in [-0.39, 0.29) is 0 Å². The molecule has 1 rings (SSSR count). The van der Waals surface area contributed by atoms with E-state index in [1.54, 1.807) is 0 Å². The van der Waals surface area contributed by atoms with E-state index in [1.807, 2.05) is 0 Å². The topological polar surface area (TPSA) is 9.23 Å². The van der Waals surface area contributed by atoms with Crippen molar-refractivity contribution in [3.8, 4) is 0 Å². The van der Waals surface area contributed by atoms with Gasteiger partial charge in [0.1, 0.15) is 0 Å². The lowest BCUT2D eigenvalue weighted by Gasteiger charge is -2.23. The second-order valence-corrected chi connectivity index (χ2v) is 12.3. The Balaban J connectivity index is 2.54. The Hall–Kier alpha value is -0.243. The highest BCUT2D eigenvalue weighted by Crippen LogP contribution is 2.22. The largest absolute Gasteiger partial charge is 0.548 e. The minimum atomic E-state index is -1.46. The predicted octanol–water partition coefficient (Wildman–Crippen LogP) is 7.05. The van der Waals surface area contributed by atoms with Crippen LogP contribution in [0.5, 0.6) is 0 Å². The molecule has 0 aromatic carbocycles. The fraction of sp³-hybridized carbons (Fsp3) is 0.895. The van der Waals surface area contributed by atoms with Gasteiger partial charge in [-0.25, -0.2) is 0 Å². The van der Waals surface area contributed by atoms with Gasteiger partial charge in [0, 0.05) is 6.42 Å². The van der Waals surface area contributed by atoms with E-state index in [0.29, 0.717) is 5.92 Å². The molecule has 0 fully saturated rings. The smallest absolute Gasteiger partial charge is 0.241 e. The number of rotatable bonds is 2. The molecule has 21 heavy (non-hydrogen) atoms. The fourth-order valence-corrected chi connectivity index (χ4v) is 4.10. The lowest BCUT2D eigenvalue weighted by atomic mass is 10.0. The summed E-state index contributed by atoms with van der Waals surface area (Å²) >= 11 is 0. The summed E-state index contributed by atoms with van der Waals surface area (Å²) in [5.74, 6) is 1.98. The molecule has 0 aliphatic heterocycles. The van der Waals surface area contributed by atoms with Crippen molar-refractivity contribution < 1.29 is 4.43 Å². The van der Waals surface area contributed by atoms with Crippen LogP contribution < -0.4 is 0 Å². The zero-order valence-corrected chi connectivity index (χ0v) is 16.0. The molecule has 0 heterocycles. The van der Waals surface area contributed by atoms with E-state index in [0.717, 1.165) is 6.42 Å². The maximum Gasteiger partial charge on any atom is 0.241 e. The monoisotopic (exact) mass is 310 g/mol. The molecule has 1 nitrogen and oxygen atoms in total. The molecular formula is C19H38OSi. The molecule has 0 spiro atoms. The Morgan fingerprint density at radius 2 is 1.29 bits per heavy atom. The van der Waals surface area contributed by atoms with Gasteiger partial charge in [-0.2, -0.15) is 0 Å². The summed E-state index contributed by atoms with van der Waals surface area (Å²) in [5.41, 5.74) is 0. The summed E-state index contributed by atoms with van der Waals surface area (Å²) in [6, 6.07) is 0. The summed E-state index contributed by atoms with van der Waals surface area (Å²) in [5, 5.41) is 0.